The molecule has 1 unspecified atom stereocenters. The lowest BCUT2D eigenvalue weighted by Gasteiger charge is -2.42. The fourth-order valence-electron chi connectivity index (χ4n) is 5.63. The van der Waals surface area contributed by atoms with Crippen molar-refractivity contribution < 1.29 is 10.2 Å². The number of nitrogens with zero attached hydrogens (tertiary/aromatic N) is 1. The van der Waals surface area contributed by atoms with E-state index in [0.717, 1.165) is 68.4 Å². The summed E-state index contributed by atoms with van der Waals surface area (Å²) in [6, 6.07) is 28.8. The first-order valence-corrected chi connectivity index (χ1v) is 13.7. The van der Waals surface area contributed by atoms with Gasteiger partial charge in [0.25, 0.3) is 0 Å². The van der Waals surface area contributed by atoms with Crippen LogP contribution in [0.3, 0.4) is 0 Å². The molecule has 0 amide bonds. The van der Waals surface area contributed by atoms with Crippen molar-refractivity contribution in [3.63, 3.8) is 0 Å². The van der Waals surface area contributed by atoms with Crippen LogP contribution in [0.2, 0.25) is 0 Å². The van der Waals surface area contributed by atoms with Crippen molar-refractivity contribution in [1.82, 2.24) is 4.90 Å². The van der Waals surface area contributed by atoms with Gasteiger partial charge in [-0.2, -0.15) is 0 Å². The summed E-state index contributed by atoms with van der Waals surface area (Å²) in [6.45, 7) is 9.69. The molecular formula is C33H43NO2. The predicted octanol–water partition coefficient (Wildman–Crippen LogP) is 6.84. The summed E-state index contributed by atoms with van der Waals surface area (Å²) in [7, 11) is 0. The highest BCUT2D eigenvalue weighted by Gasteiger charge is 2.41. The van der Waals surface area contributed by atoms with Crippen molar-refractivity contribution in [1.29, 1.82) is 0 Å². The Balaban J connectivity index is 1.31. The maximum absolute atomic E-state index is 12.1. The van der Waals surface area contributed by atoms with E-state index in [0.29, 0.717) is 0 Å². The Morgan fingerprint density at radius 2 is 1.33 bits per heavy atom. The van der Waals surface area contributed by atoms with Crippen molar-refractivity contribution >= 4 is 0 Å². The predicted molar refractivity (Wildman–Crippen MR) is 149 cm³/mol. The molecule has 1 heterocycles. The Bertz CT molecular complexity index is 1010. The highest BCUT2D eigenvalue weighted by Crippen LogP contribution is 2.42. The van der Waals surface area contributed by atoms with E-state index in [9.17, 15) is 10.2 Å². The molecule has 0 aromatic heterocycles. The van der Waals surface area contributed by atoms with Crippen LogP contribution in [0.5, 0.6) is 0 Å². The van der Waals surface area contributed by atoms with Gasteiger partial charge in [-0.3, -0.25) is 0 Å². The average molecular weight is 486 g/mol. The van der Waals surface area contributed by atoms with E-state index >= 15 is 0 Å². The Labute approximate surface area is 217 Å². The van der Waals surface area contributed by atoms with Crippen LogP contribution in [-0.4, -0.2) is 34.7 Å². The fourth-order valence-corrected chi connectivity index (χ4v) is 5.63. The zero-order valence-corrected chi connectivity index (χ0v) is 22.2. The molecule has 3 aromatic rings. The summed E-state index contributed by atoms with van der Waals surface area (Å²) >= 11 is 0. The third-order valence-electron chi connectivity index (χ3n) is 8.52. The van der Waals surface area contributed by atoms with Gasteiger partial charge in [-0.1, -0.05) is 106 Å². The van der Waals surface area contributed by atoms with Gasteiger partial charge in [0.05, 0.1) is 6.10 Å². The summed E-state index contributed by atoms with van der Waals surface area (Å²) in [6.07, 6.45) is 4.33. The van der Waals surface area contributed by atoms with Gasteiger partial charge in [0.1, 0.15) is 5.60 Å². The summed E-state index contributed by atoms with van der Waals surface area (Å²) in [4.78, 5) is 2.49. The Kier molecular flexibility index (Phi) is 8.66. The van der Waals surface area contributed by atoms with Gasteiger partial charge < -0.3 is 15.1 Å². The average Bonchev–Trinajstić information content (AvgIpc) is 2.94. The normalized spacial score (nSPS) is 16.7. The number of aliphatic hydroxyl groups is 2. The van der Waals surface area contributed by atoms with Gasteiger partial charge >= 0.3 is 0 Å². The number of aliphatic hydroxyl groups excluding tert-OH is 1. The van der Waals surface area contributed by atoms with Crippen molar-refractivity contribution in [2.45, 2.75) is 70.0 Å². The Morgan fingerprint density at radius 3 is 1.83 bits per heavy atom. The molecule has 0 radical (unpaired) electrons. The van der Waals surface area contributed by atoms with Gasteiger partial charge in [0.15, 0.2) is 0 Å². The van der Waals surface area contributed by atoms with Crippen LogP contribution in [0.1, 0.15) is 81.2 Å². The minimum absolute atomic E-state index is 0.169. The largest absolute Gasteiger partial charge is 0.388 e. The molecule has 3 nitrogen and oxygen atoms in total. The van der Waals surface area contributed by atoms with E-state index in [1.807, 2.05) is 36.4 Å². The Hall–Kier alpha value is -2.46. The van der Waals surface area contributed by atoms with E-state index in [2.05, 4.69) is 74.2 Å². The number of piperidine rings is 1. The highest BCUT2D eigenvalue weighted by atomic mass is 16.3. The third kappa shape index (κ3) is 5.91. The molecule has 4 rings (SSSR count). The molecule has 192 valence electrons. The van der Waals surface area contributed by atoms with Crippen LogP contribution in [0.4, 0.5) is 0 Å². The molecule has 0 aliphatic carbocycles. The number of benzene rings is 3. The minimum Gasteiger partial charge on any atom is -0.388 e. The van der Waals surface area contributed by atoms with Gasteiger partial charge in [0.2, 0.25) is 0 Å². The molecule has 0 spiro atoms. The first kappa shape index (κ1) is 26.6. The topological polar surface area (TPSA) is 43.7 Å². The van der Waals surface area contributed by atoms with Crippen LogP contribution >= 0.6 is 0 Å². The second-order valence-electron chi connectivity index (χ2n) is 11.1. The summed E-state index contributed by atoms with van der Waals surface area (Å²) in [5.41, 5.74) is 3.50. The van der Waals surface area contributed by atoms with Gasteiger partial charge in [-0.15, -0.1) is 0 Å². The second-order valence-corrected chi connectivity index (χ2v) is 11.1. The van der Waals surface area contributed by atoms with E-state index in [-0.39, 0.29) is 11.3 Å². The maximum atomic E-state index is 12.1. The first-order chi connectivity index (χ1) is 17.3. The van der Waals surface area contributed by atoms with E-state index in [4.69, 9.17) is 0 Å². The lowest BCUT2D eigenvalue weighted by atomic mass is 9.72. The first-order valence-electron chi connectivity index (χ1n) is 13.7. The monoisotopic (exact) mass is 485 g/mol. The molecule has 1 saturated heterocycles. The lowest BCUT2D eigenvalue weighted by Crippen LogP contribution is -2.44. The highest BCUT2D eigenvalue weighted by molar-refractivity contribution is 5.37. The third-order valence-corrected chi connectivity index (χ3v) is 8.52. The summed E-state index contributed by atoms with van der Waals surface area (Å²) in [5.74, 6) is 0.176. The maximum Gasteiger partial charge on any atom is 0.117 e. The van der Waals surface area contributed by atoms with Gasteiger partial charge in [-0.25, -0.2) is 0 Å². The van der Waals surface area contributed by atoms with Crippen LogP contribution in [0, 0.1) is 5.92 Å². The van der Waals surface area contributed by atoms with E-state index in [1.165, 1.54) is 5.56 Å². The molecule has 1 aliphatic rings. The zero-order valence-electron chi connectivity index (χ0n) is 22.2. The molecule has 3 aromatic carbocycles. The van der Waals surface area contributed by atoms with Crippen LogP contribution in [0.15, 0.2) is 84.9 Å². The standard InChI is InChI=1S/C33H43NO2/c1-4-32(2,3)27-19-17-26(18-20-27)31(35)16-11-23-34-24-21-30(22-25-34)33(36,28-12-7-5-8-13-28)29-14-9-6-10-15-29/h5-10,12-15,17-20,30-31,35-36H,4,11,16,21-25H2,1-3H3. The molecule has 0 saturated carbocycles. The number of rotatable bonds is 10. The number of likely N-dealkylation sites (tertiary alicyclic amines) is 1. The molecule has 3 heteroatoms. The van der Waals surface area contributed by atoms with Crippen LogP contribution < -0.4 is 0 Å². The summed E-state index contributed by atoms with van der Waals surface area (Å²) < 4.78 is 0. The summed E-state index contributed by atoms with van der Waals surface area (Å²) in [5, 5.41) is 22.8. The molecule has 2 N–H and O–H groups in total. The fraction of sp³-hybridized carbons (Fsp3) is 0.455. The van der Waals surface area contributed by atoms with Crippen molar-refractivity contribution in [3.8, 4) is 0 Å². The number of hydrogen-bond acceptors (Lipinski definition) is 3. The number of hydrogen-bond donors (Lipinski definition) is 2. The molecule has 1 fully saturated rings. The van der Waals surface area contributed by atoms with Crippen molar-refractivity contribution in [2.24, 2.45) is 5.92 Å². The van der Waals surface area contributed by atoms with Crippen LogP contribution in [0.25, 0.3) is 0 Å². The lowest BCUT2D eigenvalue weighted by molar-refractivity contribution is -0.0146. The molecule has 36 heavy (non-hydrogen) atoms. The Morgan fingerprint density at radius 1 is 0.806 bits per heavy atom. The SMILES string of the molecule is CCC(C)(C)c1ccc(C(O)CCCN2CCC(C(O)(c3ccccc3)c3ccccc3)CC2)cc1. The minimum atomic E-state index is -0.969. The molecule has 1 atom stereocenters. The van der Waals surface area contributed by atoms with E-state index in [1.54, 1.807) is 0 Å². The zero-order chi connectivity index (χ0) is 25.6. The van der Waals surface area contributed by atoms with Gasteiger partial charge in [0, 0.05) is 0 Å². The molecule has 0 bridgehead atoms. The van der Waals surface area contributed by atoms with Crippen LogP contribution in [-0.2, 0) is 11.0 Å². The van der Waals surface area contributed by atoms with Crippen molar-refractivity contribution in [2.75, 3.05) is 19.6 Å². The smallest absolute Gasteiger partial charge is 0.117 e. The molecule has 1 aliphatic heterocycles. The second kappa shape index (κ2) is 11.7. The van der Waals surface area contributed by atoms with E-state index < -0.39 is 11.7 Å². The quantitative estimate of drug-likeness (QED) is 0.331. The van der Waals surface area contributed by atoms with Crippen molar-refractivity contribution in [3.05, 3.63) is 107 Å². The van der Waals surface area contributed by atoms with Gasteiger partial charge in [-0.05, 0) is 85.3 Å². The molecular weight excluding hydrogens is 442 g/mol.